The highest BCUT2D eigenvalue weighted by Gasteiger charge is 2.14. The van der Waals surface area contributed by atoms with Gasteiger partial charge < -0.3 is 14.6 Å². The third kappa shape index (κ3) is 2.54. The molecule has 2 aromatic rings. The minimum atomic E-state index is 0.0351. The smallest absolute Gasteiger partial charge is 0.243 e. The average molecular weight is 312 g/mol. The fourth-order valence-corrected chi connectivity index (χ4v) is 2.00. The molecule has 1 unspecified atom stereocenters. The minimum Gasteiger partial charge on any atom is -0.496 e. The van der Waals surface area contributed by atoms with Crippen LogP contribution in [0.1, 0.15) is 18.9 Å². The van der Waals surface area contributed by atoms with Gasteiger partial charge in [0, 0.05) is 5.56 Å². The van der Waals surface area contributed by atoms with Gasteiger partial charge in [-0.3, -0.25) is 0 Å². The van der Waals surface area contributed by atoms with Gasteiger partial charge in [-0.15, -0.1) is 0 Å². The van der Waals surface area contributed by atoms with E-state index in [9.17, 15) is 0 Å². The van der Waals surface area contributed by atoms with Crippen LogP contribution in [0.3, 0.4) is 0 Å². The maximum absolute atomic E-state index is 5.20. The van der Waals surface area contributed by atoms with Crippen molar-refractivity contribution < 1.29 is 9.26 Å². The van der Waals surface area contributed by atoms with E-state index in [-0.39, 0.29) is 6.04 Å². The second-order valence-electron chi connectivity index (χ2n) is 3.82. The molecule has 1 aromatic heterocycles. The SMILES string of the molecule is CNC(C)c1nc(-c2ccc(OC)c(Br)c2)no1. The second kappa shape index (κ2) is 5.49. The molecule has 0 saturated carbocycles. The number of ether oxygens (including phenoxy) is 1. The molecule has 1 N–H and O–H groups in total. The summed E-state index contributed by atoms with van der Waals surface area (Å²) in [6, 6.07) is 5.68. The molecule has 0 amide bonds. The number of methoxy groups -OCH3 is 1. The first-order valence-electron chi connectivity index (χ1n) is 5.50. The van der Waals surface area contributed by atoms with Crippen molar-refractivity contribution in [3.63, 3.8) is 0 Å². The van der Waals surface area contributed by atoms with Crippen LogP contribution in [0.4, 0.5) is 0 Å². The van der Waals surface area contributed by atoms with Gasteiger partial charge in [0.15, 0.2) is 0 Å². The van der Waals surface area contributed by atoms with Gasteiger partial charge in [0.25, 0.3) is 0 Å². The average Bonchev–Trinajstić information content (AvgIpc) is 2.87. The van der Waals surface area contributed by atoms with Crippen molar-refractivity contribution in [1.82, 2.24) is 15.5 Å². The molecule has 0 bridgehead atoms. The van der Waals surface area contributed by atoms with E-state index in [1.165, 1.54) is 0 Å². The number of nitrogens with zero attached hydrogens (tertiary/aromatic N) is 2. The molecule has 5 nitrogen and oxygen atoms in total. The number of nitrogens with one attached hydrogen (secondary N) is 1. The first kappa shape index (κ1) is 13.0. The largest absolute Gasteiger partial charge is 0.496 e. The molecule has 0 aliphatic heterocycles. The summed E-state index contributed by atoms with van der Waals surface area (Å²) in [5.41, 5.74) is 0.876. The van der Waals surface area contributed by atoms with Gasteiger partial charge in [-0.25, -0.2) is 0 Å². The summed E-state index contributed by atoms with van der Waals surface area (Å²) in [5, 5.41) is 7.01. The maximum Gasteiger partial charge on any atom is 0.243 e. The molecule has 0 spiro atoms. The highest BCUT2D eigenvalue weighted by atomic mass is 79.9. The summed E-state index contributed by atoms with van der Waals surface area (Å²) in [7, 11) is 3.47. The van der Waals surface area contributed by atoms with Crippen LogP contribution in [-0.2, 0) is 0 Å². The van der Waals surface area contributed by atoms with Crippen LogP contribution in [0.15, 0.2) is 27.2 Å². The van der Waals surface area contributed by atoms with E-state index < -0.39 is 0 Å². The molecule has 1 heterocycles. The molecule has 96 valence electrons. The summed E-state index contributed by atoms with van der Waals surface area (Å²) >= 11 is 3.43. The summed E-state index contributed by atoms with van der Waals surface area (Å²) in [6.45, 7) is 1.96. The van der Waals surface area contributed by atoms with Gasteiger partial charge >= 0.3 is 0 Å². The molecule has 0 saturated heterocycles. The number of aromatic nitrogens is 2. The molecule has 6 heteroatoms. The third-order valence-electron chi connectivity index (χ3n) is 2.66. The highest BCUT2D eigenvalue weighted by molar-refractivity contribution is 9.10. The predicted molar refractivity (Wildman–Crippen MR) is 71.5 cm³/mol. The van der Waals surface area contributed by atoms with Crippen molar-refractivity contribution in [2.24, 2.45) is 0 Å². The van der Waals surface area contributed by atoms with Crippen LogP contribution < -0.4 is 10.1 Å². The standard InChI is InChI=1S/C12H14BrN3O2/c1-7(14-2)12-15-11(16-18-12)8-4-5-10(17-3)9(13)6-8/h4-7,14H,1-3H3. The van der Waals surface area contributed by atoms with E-state index in [1.54, 1.807) is 7.11 Å². The minimum absolute atomic E-state index is 0.0351. The van der Waals surface area contributed by atoms with E-state index >= 15 is 0 Å². The van der Waals surface area contributed by atoms with Crippen molar-refractivity contribution in [1.29, 1.82) is 0 Å². The Morgan fingerprint density at radius 3 is 2.83 bits per heavy atom. The van der Waals surface area contributed by atoms with E-state index in [2.05, 4.69) is 31.4 Å². The Balaban J connectivity index is 2.31. The third-order valence-corrected chi connectivity index (χ3v) is 3.27. The molecule has 0 radical (unpaired) electrons. The lowest BCUT2D eigenvalue weighted by Gasteiger charge is -2.03. The Labute approximate surface area is 114 Å². The van der Waals surface area contributed by atoms with E-state index in [1.807, 2.05) is 32.2 Å². The lowest BCUT2D eigenvalue weighted by Crippen LogP contribution is -2.12. The normalized spacial score (nSPS) is 12.4. The van der Waals surface area contributed by atoms with Crippen molar-refractivity contribution in [2.45, 2.75) is 13.0 Å². The number of halogens is 1. The molecule has 18 heavy (non-hydrogen) atoms. The highest BCUT2D eigenvalue weighted by Crippen LogP contribution is 2.29. The monoisotopic (exact) mass is 311 g/mol. The quantitative estimate of drug-likeness (QED) is 0.940. The maximum atomic E-state index is 5.20. The van der Waals surface area contributed by atoms with Gasteiger partial charge in [0.2, 0.25) is 11.7 Å². The molecule has 0 fully saturated rings. The van der Waals surface area contributed by atoms with Gasteiger partial charge in [-0.2, -0.15) is 4.98 Å². The Bertz CT molecular complexity index is 542. The summed E-state index contributed by atoms with van der Waals surface area (Å²) in [4.78, 5) is 4.35. The number of hydrogen-bond acceptors (Lipinski definition) is 5. The molecule has 1 aromatic carbocycles. The van der Waals surface area contributed by atoms with Gasteiger partial charge in [-0.1, -0.05) is 5.16 Å². The van der Waals surface area contributed by atoms with Crippen LogP contribution >= 0.6 is 15.9 Å². The molecular formula is C12H14BrN3O2. The van der Waals surface area contributed by atoms with Gasteiger partial charge in [0.05, 0.1) is 17.6 Å². The molecule has 1 atom stereocenters. The molecule has 2 rings (SSSR count). The Morgan fingerprint density at radius 1 is 1.44 bits per heavy atom. The Hall–Kier alpha value is -1.40. The van der Waals surface area contributed by atoms with Crippen LogP contribution in [0, 0.1) is 0 Å². The second-order valence-corrected chi connectivity index (χ2v) is 4.67. The fourth-order valence-electron chi connectivity index (χ4n) is 1.46. The lowest BCUT2D eigenvalue weighted by molar-refractivity contribution is 0.347. The first-order chi connectivity index (χ1) is 8.65. The zero-order valence-electron chi connectivity index (χ0n) is 10.4. The first-order valence-corrected chi connectivity index (χ1v) is 6.29. The fraction of sp³-hybridized carbons (Fsp3) is 0.333. The Morgan fingerprint density at radius 2 is 2.22 bits per heavy atom. The van der Waals surface area contributed by atoms with Crippen molar-refractivity contribution in [3.05, 3.63) is 28.6 Å². The van der Waals surface area contributed by atoms with Gasteiger partial charge in [-0.05, 0) is 48.1 Å². The zero-order valence-corrected chi connectivity index (χ0v) is 12.0. The predicted octanol–water partition coefficient (Wildman–Crippen LogP) is 2.79. The van der Waals surface area contributed by atoms with E-state index in [0.717, 1.165) is 15.8 Å². The molecular weight excluding hydrogens is 298 g/mol. The van der Waals surface area contributed by atoms with Crippen molar-refractivity contribution in [3.8, 4) is 17.1 Å². The van der Waals surface area contributed by atoms with E-state index in [4.69, 9.17) is 9.26 Å². The summed E-state index contributed by atoms with van der Waals surface area (Å²) in [6.07, 6.45) is 0. The lowest BCUT2D eigenvalue weighted by atomic mass is 10.2. The van der Waals surface area contributed by atoms with Crippen LogP contribution in [-0.4, -0.2) is 24.3 Å². The van der Waals surface area contributed by atoms with Crippen molar-refractivity contribution in [2.75, 3.05) is 14.2 Å². The molecule has 0 aliphatic carbocycles. The number of benzene rings is 1. The zero-order chi connectivity index (χ0) is 13.1. The van der Waals surface area contributed by atoms with Crippen LogP contribution in [0.2, 0.25) is 0 Å². The van der Waals surface area contributed by atoms with Crippen LogP contribution in [0.5, 0.6) is 5.75 Å². The van der Waals surface area contributed by atoms with Crippen molar-refractivity contribution >= 4 is 15.9 Å². The summed E-state index contributed by atoms with van der Waals surface area (Å²) < 4.78 is 11.2. The topological polar surface area (TPSA) is 60.2 Å². The van der Waals surface area contributed by atoms with E-state index in [0.29, 0.717) is 11.7 Å². The van der Waals surface area contributed by atoms with Gasteiger partial charge in [0.1, 0.15) is 5.75 Å². The molecule has 0 aliphatic rings. The Kier molecular flexibility index (Phi) is 3.98. The number of hydrogen-bond donors (Lipinski definition) is 1. The number of rotatable bonds is 4. The van der Waals surface area contributed by atoms with Crippen LogP contribution in [0.25, 0.3) is 11.4 Å². The summed E-state index contributed by atoms with van der Waals surface area (Å²) in [5.74, 6) is 1.90.